The number of carbonyl (C=O) groups is 2. The standard InChI is InChI=1S/C21H22F4N4O3/c22-14-3-1-12(2-4-14)10-29-17-11-28(6-5-16(17)19(27-29)21(23,24)25)18(30)9-26-15-7-13(8-15)20(31)32/h1-4,13,15,26H,5-11H2,(H,31,32)/t13-,15-. The summed E-state index contributed by atoms with van der Waals surface area (Å²) in [5.41, 5.74) is 0.0401. The molecule has 1 aromatic carbocycles. The van der Waals surface area contributed by atoms with E-state index < -0.39 is 29.6 Å². The Balaban J connectivity index is 1.47. The molecule has 11 heteroatoms. The monoisotopic (exact) mass is 454 g/mol. The molecule has 0 atom stereocenters. The van der Waals surface area contributed by atoms with Crippen LogP contribution < -0.4 is 5.32 Å². The molecule has 1 aromatic heterocycles. The lowest BCUT2D eigenvalue weighted by atomic mass is 9.80. The van der Waals surface area contributed by atoms with Crippen LogP contribution in [-0.4, -0.2) is 50.8 Å². The lowest BCUT2D eigenvalue weighted by molar-refractivity contribution is -0.145. The van der Waals surface area contributed by atoms with E-state index in [9.17, 15) is 27.2 Å². The van der Waals surface area contributed by atoms with Gasteiger partial charge in [-0.1, -0.05) is 12.1 Å². The van der Waals surface area contributed by atoms with E-state index in [4.69, 9.17) is 5.11 Å². The Labute approximate surface area is 181 Å². The van der Waals surface area contributed by atoms with Crippen molar-refractivity contribution in [1.29, 1.82) is 0 Å². The predicted molar refractivity (Wildman–Crippen MR) is 104 cm³/mol. The van der Waals surface area contributed by atoms with Crippen LogP contribution in [0.3, 0.4) is 0 Å². The average Bonchev–Trinajstić information content (AvgIpc) is 3.06. The Morgan fingerprint density at radius 1 is 1.19 bits per heavy atom. The number of fused-ring (bicyclic) bond motifs is 1. The Hall–Kier alpha value is -2.95. The van der Waals surface area contributed by atoms with Gasteiger partial charge in [0.2, 0.25) is 5.91 Å². The van der Waals surface area contributed by atoms with Crippen LogP contribution in [0, 0.1) is 11.7 Å². The number of halogens is 4. The average molecular weight is 454 g/mol. The minimum Gasteiger partial charge on any atom is -0.481 e. The molecule has 1 aliphatic carbocycles. The van der Waals surface area contributed by atoms with Crippen molar-refractivity contribution in [3.8, 4) is 0 Å². The van der Waals surface area contributed by atoms with Crippen LogP contribution in [0.1, 0.15) is 35.4 Å². The molecule has 2 heterocycles. The summed E-state index contributed by atoms with van der Waals surface area (Å²) in [6.45, 7) is 0.145. The summed E-state index contributed by atoms with van der Waals surface area (Å²) in [5, 5.41) is 15.7. The summed E-state index contributed by atoms with van der Waals surface area (Å²) in [6.07, 6.45) is -3.68. The van der Waals surface area contributed by atoms with Gasteiger partial charge in [-0.15, -0.1) is 0 Å². The normalized spacial score (nSPS) is 20.6. The van der Waals surface area contributed by atoms with Crippen molar-refractivity contribution in [2.45, 2.75) is 44.6 Å². The molecule has 4 rings (SSSR count). The topological polar surface area (TPSA) is 87.5 Å². The molecule has 7 nitrogen and oxygen atoms in total. The molecule has 0 bridgehead atoms. The summed E-state index contributed by atoms with van der Waals surface area (Å²) in [6, 6.07) is 5.37. The molecule has 172 valence electrons. The highest BCUT2D eigenvalue weighted by molar-refractivity contribution is 5.78. The zero-order valence-corrected chi connectivity index (χ0v) is 17.0. The fourth-order valence-electron chi connectivity index (χ4n) is 4.14. The van der Waals surface area contributed by atoms with E-state index in [1.807, 2.05) is 0 Å². The second-order valence-electron chi connectivity index (χ2n) is 8.21. The molecular formula is C21H22F4N4O3. The Morgan fingerprint density at radius 3 is 2.50 bits per heavy atom. The second kappa shape index (κ2) is 8.53. The summed E-state index contributed by atoms with van der Waals surface area (Å²) in [4.78, 5) is 25.0. The summed E-state index contributed by atoms with van der Waals surface area (Å²) in [7, 11) is 0. The van der Waals surface area contributed by atoms with Gasteiger partial charge in [-0.25, -0.2) is 4.39 Å². The first-order valence-corrected chi connectivity index (χ1v) is 10.3. The summed E-state index contributed by atoms with van der Waals surface area (Å²) >= 11 is 0. The van der Waals surface area contributed by atoms with Gasteiger partial charge in [-0.05, 0) is 37.0 Å². The number of hydrogen-bond donors (Lipinski definition) is 2. The van der Waals surface area contributed by atoms with Crippen LogP contribution in [-0.2, 0) is 35.3 Å². The number of nitrogens with zero attached hydrogens (tertiary/aromatic N) is 3. The highest BCUT2D eigenvalue weighted by atomic mass is 19.4. The molecule has 1 saturated carbocycles. The van der Waals surface area contributed by atoms with Crippen molar-refractivity contribution in [2.24, 2.45) is 5.92 Å². The third kappa shape index (κ3) is 4.62. The van der Waals surface area contributed by atoms with E-state index >= 15 is 0 Å². The van der Waals surface area contributed by atoms with Gasteiger partial charge in [0.05, 0.1) is 31.2 Å². The minimum atomic E-state index is -4.61. The number of carboxylic acid groups (broad SMARTS) is 1. The maximum atomic E-state index is 13.5. The molecule has 0 spiro atoms. The molecule has 0 saturated heterocycles. The van der Waals surface area contributed by atoms with Crippen LogP contribution in [0.5, 0.6) is 0 Å². The van der Waals surface area contributed by atoms with Crippen molar-refractivity contribution in [2.75, 3.05) is 13.1 Å². The van der Waals surface area contributed by atoms with Gasteiger partial charge in [-0.3, -0.25) is 14.3 Å². The highest BCUT2D eigenvalue weighted by Crippen LogP contribution is 2.35. The highest BCUT2D eigenvalue weighted by Gasteiger charge is 2.41. The van der Waals surface area contributed by atoms with Crippen LogP contribution in [0.4, 0.5) is 17.6 Å². The quantitative estimate of drug-likeness (QED) is 0.655. The van der Waals surface area contributed by atoms with Gasteiger partial charge >= 0.3 is 12.1 Å². The van der Waals surface area contributed by atoms with Gasteiger partial charge in [0.15, 0.2) is 5.69 Å². The number of aromatic nitrogens is 2. The molecular weight excluding hydrogens is 432 g/mol. The van der Waals surface area contributed by atoms with Crippen LogP contribution in [0.2, 0.25) is 0 Å². The van der Waals surface area contributed by atoms with E-state index in [-0.39, 0.29) is 50.1 Å². The van der Waals surface area contributed by atoms with Crippen LogP contribution in [0.25, 0.3) is 0 Å². The molecule has 1 aliphatic heterocycles. The number of amides is 1. The number of alkyl halides is 3. The third-order valence-electron chi connectivity index (χ3n) is 6.03. The number of benzene rings is 1. The molecule has 0 radical (unpaired) electrons. The zero-order valence-electron chi connectivity index (χ0n) is 17.0. The van der Waals surface area contributed by atoms with Crippen molar-refractivity contribution in [1.82, 2.24) is 20.0 Å². The number of carbonyl (C=O) groups excluding carboxylic acids is 1. The van der Waals surface area contributed by atoms with Gasteiger partial charge in [0, 0.05) is 18.2 Å². The minimum absolute atomic E-state index is 0.00936. The van der Waals surface area contributed by atoms with E-state index in [2.05, 4.69) is 10.4 Å². The Bertz CT molecular complexity index is 1010. The largest absolute Gasteiger partial charge is 0.481 e. The number of hydrogen-bond acceptors (Lipinski definition) is 4. The molecule has 1 fully saturated rings. The van der Waals surface area contributed by atoms with Crippen molar-refractivity contribution in [3.63, 3.8) is 0 Å². The SMILES string of the molecule is O=C(CN[C@H]1C[C@H](C(=O)O)C1)N1CCc2c(C(F)(F)F)nn(Cc3ccc(F)cc3)c2C1. The van der Waals surface area contributed by atoms with Crippen LogP contribution >= 0.6 is 0 Å². The summed E-state index contributed by atoms with van der Waals surface area (Å²) < 4.78 is 55.0. The lowest BCUT2D eigenvalue weighted by Gasteiger charge is -2.34. The fourth-order valence-corrected chi connectivity index (χ4v) is 4.14. The number of rotatable bonds is 6. The van der Waals surface area contributed by atoms with E-state index in [0.717, 1.165) is 0 Å². The Kier molecular flexibility index (Phi) is 5.93. The lowest BCUT2D eigenvalue weighted by Crippen LogP contribution is -2.49. The molecule has 2 aliphatic rings. The van der Waals surface area contributed by atoms with Crippen molar-refractivity contribution in [3.05, 3.63) is 52.6 Å². The van der Waals surface area contributed by atoms with Crippen molar-refractivity contribution < 1.29 is 32.3 Å². The molecule has 1 amide bonds. The summed E-state index contributed by atoms with van der Waals surface area (Å²) in [5.74, 6) is -1.97. The van der Waals surface area contributed by atoms with E-state index in [0.29, 0.717) is 24.1 Å². The number of nitrogens with one attached hydrogen (secondary N) is 1. The first kappa shape index (κ1) is 22.3. The first-order valence-electron chi connectivity index (χ1n) is 10.3. The van der Waals surface area contributed by atoms with E-state index in [1.165, 1.54) is 33.8 Å². The first-order chi connectivity index (χ1) is 15.1. The Morgan fingerprint density at radius 2 is 1.88 bits per heavy atom. The molecule has 32 heavy (non-hydrogen) atoms. The van der Waals surface area contributed by atoms with Crippen molar-refractivity contribution >= 4 is 11.9 Å². The smallest absolute Gasteiger partial charge is 0.435 e. The third-order valence-corrected chi connectivity index (χ3v) is 6.03. The molecule has 2 N–H and O–H groups in total. The van der Waals surface area contributed by atoms with Gasteiger partial charge < -0.3 is 15.3 Å². The predicted octanol–water partition coefficient (Wildman–Crippen LogP) is 2.43. The maximum absolute atomic E-state index is 13.5. The second-order valence-corrected chi connectivity index (χ2v) is 8.21. The fraction of sp³-hybridized carbons (Fsp3) is 0.476. The maximum Gasteiger partial charge on any atom is 0.435 e. The van der Waals surface area contributed by atoms with Gasteiger partial charge in [0.25, 0.3) is 0 Å². The molecule has 2 aromatic rings. The van der Waals surface area contributed by atoms with Crippen LogP contribution in [0.15, 0.2) is 24.3 Å². The number of carboxylic acids is 1. The number of aliphatic carboxylic acids is 1. The van der Waals surface area contributed by atoms with E-state index in [1.54, 1.807) is 0 Å². The molecule has 0 unspecified atom stereocenters. The van der Waals surface area contributed by atoms with Gasteiger partial charge in [-0.2, -0.15) is 18.3 Å². The zero-order chi connectivity index (χ0) is 23.0. The van der Waals surface area contributed by atoms with Gasteiger partial charge in [0.1, 0.15) is 5.82 Å².